The van der Waals surface area contributed by atoms with E-state index in [-0.39, 0.29) is 5.91 Å². The Hall–Kier alpha value is -2.48. The van der Waals surface area contributed by atoms with E-state index >= 15 is 0 Å². The Kier molecular flexibility index (Phi) is 5.77. The molecule has 4 rings (SSSR count). The number of carbonyl (C=O) groups excluding carboxylic acids is 1. The number of nitrogens with zero attached hydrogens (tertiary/aromatic N) is 3. The fourth-order valence-electron chi connectivity index (χ4n) is 3.76. The number of benzene rings is 2. The predicted molar refractivity (Wildman–Crippen MR) is 119 cm³/mol. The van der Waals surface area contributed by atoms with Gasteiger partial charge in [-0.2, -0.15) is 0 Å². The summed E-state index contributed by atoms with van der Waals surface area (Å²) in [6, 6.07) is 16.7. The molecule has 2 aromatic carbocycles. The number of halogens is 1. The summed E-state index contributed by atoms with van der Waals surface area (Å²) in [7, 11) is -3.27. The highest BCUT2D eigenvalue weighted by Crippen LogP contribution is 2.30. The Bertz CT molecular complexity index is 1210. The van der Waals surface area contributed by atoms with Crippen LogP contribution in [0.2, 0.25) is 5.02 Å². The Morgan fingerprint density at radius 3 is 2.50 bits per heavy atom. The number of para-hydroxylation sites is 1. The number of carbonyl (C=O) groups is 1. The van der Waals surface area contributed by atoms with Crippen LogP contribution in [-0.4, -0.2) is 60.9 Å². The molecule has 1 fully saturated rings. The number of hydrogen-bond acceptors (Lipinski definition) is 4. The van der Waals surface area contributed by atoms with Crippen molar-refractivity contribution in [2.24, 2.45) is 0 Å². The average molecular weight is 444 g/mol. The molecule has 0 atom stereocenters. The molecule has 0 N–H and O–H groups in total. The molecule has 0 spiro atoms. The smallest absolute Gasteiger partial charge is 0.254 e. The van der Waals surface area contributed by atoms with Gasteiger partial charge >= 0.3 is 0 Å². The van der Waals surface area contributed by atoms with E-state index in [1.807, 2.05) is 42.5 Å². The van der Waals surface area contributed by atoms with Gasteiger partial charge in [0.05, 0.1) is 23.0 Å². The molecular formula is C22H22ClN3O3S. The first kappa shape index (κ1) is 20.8. The van der Waals surface area contributed by atoms with Gasteiger partial charge in [-0.15, -0.1) is 0 Å². The third-order valence-corrected chi connectivity index (χ3v) is 6.94. The van der Waals surface area contributed by atoms with Gasteiger partial charge < -0.3 is 4.90 Å². The lowest BCUT2D eigenvalue weighted by atomic mass is 10.0. The molecule has 6 nitrogen and oxygen atoms in total. The summed E-state index contributed by atoms with van der Waals surface area (Å²) >= 11 is 6.37. The number of fused-ring (bicyclic) bond motifs is 1. The van der Waals surface area contributed by atoms with Crippen molar-refractivity contribution in [3.63, 3.8) is 0 Å². The minimum absolute atomic E-state index is 0.128. The van der Waals surface area contributed by atoms with Crippen molar-refractivity contribution in [2.75, 3.05) is 32.4 Å². The molecule has 1 saturated heterocycles. The molecule has 2 heterocycles. The second-order valence-electron chi connectivity index (χ2n) is 7.36. The van der Waals surface area contributed by atoms with Crippen molar-refractivity contribution in [3.8, 4) is 11.3 Å². The van der Waals surface area contributed by atoms with Crippen molar-refractivity contribution in [1.82, 2.24) is 14.2 Å². The highest BCUT2D eigenvalue weighted by molar-refractivity contribution is 7.88. The SMILES string of the molecule is CS(=O)(=O)N1CCCN(C(=O)c2cc(-c3ccccc3Cl)nc3ccccc23)CC1. The normalized spacial score (nSPS) is 15.9. The van der Waals surface area contributed by atoms with Crippen molar-refractivity contribution < 1.29 is 13.2 Å². The molecule has 30 heavy (non-hydrogen) atoms. The fourth-order valence-corrected chi connectivity index (χ4v) is 4.86. The van der Waals surface area contributed by atoms with Crippen LogP contribution in [-0.2, 0) is 10.0 Å². The van der Waals surface area contributed by atoms with Gasteiger partial charge in [-0.25, -0.2) is 17.7 Å². The van der Waals surface area contributed by atoms with Crippen LogP contribution in [0.4, 0.5) is 0 Å². The van der Waals surface area contributed by atoms with Gasteiger partial charge in [0.25, 0.3) is 5.91 Å². The number of sulfonamides is 1. The molecule has 0 bridgehead atoms. The molecule has 0 saturated carbocycles. The van der Waals surface area contributed by atoms with Gasteiger partial charge in [0.15, 0.2) is 0 Å². The molecule has 1 aromatic heterocycles. The van der Waals surface area contributed by atoms with Crippen LogP contribution in [0, 0.1) is 0 Å². The molecule has 156 valence electrons. The summed E-state index contributed by atoms with van der Waals surface area (Å²) < 4.78 is 25.2. The monoisotopic (exact) mass is 443 g/mol. The summed E-state index contributed by atoms with van der Waals surface area (Å²) in [6.45, 7) is 1.57. The maximum absolute atomic E-state index is 13.5. The summed E-state index contributed by atoms with van der Waals surface area (Å²) in [5, 5.41) is 1.33. The first-order chi connectivity index (χ1) is 14.3. The quantitative estimate of drug-likeness (QED) is 0.619. The minimum atomic E-state index is -3.27. The number of hydrogen-bond donors (Lipinski definition) is 0. The zero-order valence-electron chi connectivity index (χ0n) is 16.6. The second-order valence-corrected chi connectivity index (χ2v) is 9.75. The van der Waals surface area contributed by atoms with E-state index in [1.165, 1.54) is 10.6 Å². The molecule has 0 aliphatic carbocycles. The molecule has 0 unspecified atom stereocenters. The van der Waals surface area contributed by atoms with Gasteiger partial charge in [-0.3, -0.25) is 4.79 Å². The molecule has 8 heteroatoms. The zero-order valence-corrected chi connectivity index (χ0v) is 18.2. The van der Waals surface area contributed by atoms with Crippen LogP contribution in [0.5, 0.6) is 0 Å². The van der Waals surface area contributed by atoms with Gasteiger partial charge in [0.1, 0.15) is 0 Å². The van der Waals surface area contributed by atoms with Crippen molar-refractivity contribution in [1.29, 1.82) is 0 Å². The minimum Gasteiger partial charge on any atom is -0.337 e. The largest absolute Gasteiger partial charge is 0.337 e. The van der Waals surface area contributed by atoms with Crippen molar-refractivity contribution in [3.05, 3.63) is 65.2 Å². The number of aromatic nitrogens is 1. The maximum Gasteiger partial charge on any atom is 0.254 e. The number of amides is 1. The van der Waals surface area contributed by atoms with Gasteiger partial charge in [-0.1, -0.05) is 48.0 Å². The van der Waals surface area contributed by atoms with Crippen LogP contribution in [0.15, 0.2) is 54.6 Å². The van der Waals surface area contributed by atoms with Crippen molar-refractivity contribution >= 4 is 38.4 Å². The van der Waals surface area contributed by atoms with E-state index in [0.29, 0.717) is 54.4 Å². The molecule has 1 aliphatic rings. The summed E-state index contributed by atoms with van der Waals surface area (Å²) in [5.41, 5.74) is 2.66. The average Bonchev–Trinajstić information content (AvgIpc) is 2.99. The first-order valence-corrected chi connectivity index (χ1v) is 12.0. The lowest BCUT2D eigenvalue weighted by Gasteiger charge is -2.22. The zero-order chi connectivity index (χ0) is 21.3. The van der Waals surface area contributed by atoms with E-state index in [4.69, 9.17) is 16.6 Å². The van der Waals surface area contributed by atoms with Crippen LogP contribution in [0.25, 0.3) is 22.2 Å². The first-order valence-electron chi connectivity index (χ1n) is 9.74. The van der Waals surface area contributed by atoms with E-state index in [0.717, 1.165) is 10.9 Å². The molecule has 0 radical (unpaired) electrons. The Morgan fingerprint density at radius 1 is 1.00 bits per heavy atom. The van der Waals surface area contributed by atoms with Crippen LogP contribution < -0.4 is 0 Å². The standard InChI is InChI=1S/C22H22ClN3O3S/c1-30(28,29)26-12-6-11-25(13-14-26)22(27)18-15-21(17-8-2-4-9-19(17)23)24-20-10-5-3-7-16(18)20/h2-5,7-10,15H,6,11-14H2,1H3. The highest BCUT2D eigenvalue weighted by atomic mass is 35.5. The van der Waals surface area contributed by atoms with Crippen LogP contribution in [0.3, 0.4) is 0 Å². The summed E-state index contributed by atoms with van der Waals surface area (Å²) in [6.07, 6.45) is 1.80. The Morgan fingerprint density at radius 2 is 1.73 bits per heavy atom. The van der Waals surface area contributed by atoms with Gasteiger partial charge in [0, 0.05) is 42.2 Å². The Balaban J connectivity index is 1.74. The van der Waals surface area contributed by atoms with Crippen molar-refractivity contribution in [2.45, 2.75) is 6.42 Å². The predicted octanol–water partition coefficient (Wildman–Crippen LogP) is 3.66. The second kappa shape index (κ2) is 8.34. The number of rotatable bonds is 3. The lowest BCUT2D eigenvalue weighted by molar-refractivity contribution is 0.0766. The third kappa shape index (κ3) is 4.19. The summed E-state index contributed by atoms with van der Waals surface area (Å²) in [4.78, 5) is 19.9. The van der Waals surface area contributed by atoms with E-state index in [9.17, 15) is 13.2 Å². The van der Waals surface area contributed by atoms with Gasteiger partial charge in [0.2, 0.25) is 10.0 Å². The van der Waals surface area contributed by atoms with Crippen LogP contribution >= 0.6 is 11.6 Å². The third-order valence-electron chi connectivity index (χ3n) is 5.31. The fraction of sp³-hybridized carbons (Fsp3) is 0.273. The summed E-state index contributed by atoms with van der Waals surface area (Å²) in [5.74, 6) is -0.128. The molecule has 3 aromatic rings. The molecule has 1 amide bonds. The topological polar surface area (TPSA) is 70.6 Å². The maximum atomic E-state index is 13.5. The highest BCUT2D eigenvalue weighted by Gasteiger charge is 2.26. The molecular weight excluding hydrogens is 422 g/mol. The van der Waals surface area contributed by atoms with E-state index in [1.54, 1.807) is 17.0 Å². The Labute approximate surface area is 181 Å². The molecule has 1 aliphatic heterocycles. The lowest BCUT2D eigenvalue weighted by Crippen LogP contribution is -2.37. The van der Waals surface area contributed by atoms with Crippen LogP contribution in [0.1, 0.15) is 16.8 Å². The van der Waals surface area contributed by atoms with E-state index in [2.05, 4.69) is 0 Å². The number of pyridine rings is 1. The van der Waals surface area contributed by atoms with Gasteiger partial charge in [-0.05, 0) is 24.6 Å². The van der Waals surface area contributed by atoms with E-state index < -0.39 is 10.0 Å².